The highest BCUT2D eigenvalue weighted by Crippen LogP contribution is 2.38. The van der Waals surface area contributed by atoms with Gasteiger partial charge in [0.15, 0.2) is 6.10 Å². The third-order valence-electron chi connectivity index (χ3n) is 12.8. The molecule has 9 nitrogen and oxygen atoms in total. The first kappa shape index (κ1) is 72.7. The average molecular weight is 1080 g/mol. The third-order valence-corrected chi connectivity index (χ3v) is 13.7. The number of likely N-dealkylation sites (N-methyl/N-ethyl adjacent to an activating group) is 1. The number of carbonyl (C=O) groups excluding carboxylic acids is 2. The van der Waals surface area contributed by atoms with Gasteiger partial charge < -0.3 is 27.9 Å². The van der Waals surface area contributed by atoms with Gasteiger partial charge in [0.2, 0.25) is 0 Å². The molecule has 0 N–H and O–H groups in total. The summed E-state index contributed by atoms with van der Waals surface area (Å²) in [5.74, 6) is -0.851. The minimum absolute atomic E-state index is 0.0388. The maximum atomic E-state index is 12.8. The first-order chi connectivity index (χ1) is 37.0. The van der Waals surface area contributed by atoms with Crippen LogP contribution in [0.3, 0.4) is 0 Å². The van der Waals surface area contributed by atoms with Crippen molar-refractivity contribution in [3.63, 3.8) is 0 Å². The van der Waals surface area contributed by atoms with Gasteiger partial charge in [0.25, 0.3) is 7.82 Å². The molecule has 0 aromatic rings. The van der Waals surface area contributed by atoms with E-state index in [9.17, 15) is 19.0 Å². The molecular formula is C66H114NO8P. The molecule has 0 spiro atoms. The number of phosphoric acid groups is 1. The lowest BCUT2D eigenvalue weighted by atomic mass is 10.1. The van der Waals surface area contributed by atoms with E-state index in [0.29, 0.717) is 17.4 Å². The van der Waals surface area contributed by atoms with Crippen LogP contribution in [0.15, 0.2) is 109 Å². The second-order valence-corrected chi connectivity index (χ2v) is 22.7. The molecule has 0 saturated carbocycles. The number of unbranched alkanes of at least 4 members (excludes halogenated alkanes) is 23. The number of esters is 2. The van der Waals surface area contributed by atoms with Crippen LogP contribution in [-0.2, 0) is 32.7 Å². The molecule has 0 amide bonds. The Hall–Kier alpha value is -3.33. The lowest BCUT2D eigenvalue weighted by Gasteiger charge is -2.28. The topological polar surface area (TPSA) is 111 Å². The molecular weight excluding hydrogens is 966 g/mol. The predicted octanol–water partition coefficient (Wildman–Crippen LogP) is 18.7. The van der Waals surface area contributed by atoms with Gasteiger partial charge in [0.1, 0.15) is 19.8 Å². The highest BCUT2D eigenvalue weighted by Gasteiger charge is 2.22. The lowest BCUT2D eigenvalue weighted by molar-refractivity contribution is -0.870. The lowest BCUT2D eigenvalue weighted by Crippen LogP contribution is -2.37. The second-order valence-electron chi connectivity index (χ2n) is 21.3. The van der Waals surface area contributed by atoms with Crippen LogP contribution in [0, 0.1) is 0 Å². The highest BCUT2D eigenvalue weighted by atomic mass is 31.2. The van der Waals surface area contributed by atoms with Crippen molar-refractivity contribution in [2.45, 2.75) is 251 Å². The number of quaternary nitrogens is 1. The van der Waals surface area contributed by atoms with Gasteiger partial charge in [-0.25, -0.2) is 0 Å². The maximum absolute atomic E-state index is 12.8. The zero-order chi connectivity index (χ0) is 55.6. The van der Waals surface area contributed by atoms with Gasteiger partial charge in [-0.1, -0.05) is 239 Å². The van der Waals surface area contributed by atoms with Gasteiger partial charge in [0, 0.05) is 12.8 Å². The van der Waals surface area contributed by atoms with Crippen LogP contribution in [0.2, 0.25) is 0 Å². The van der Waals surface area contributed by atoms with E-state index in [0.717, 1.165) is 109 Å². The van der Waals surface area contributed by atoms with Gasteiger partial charge in [-0.05, 0) is 103 Å². The second kappa shape index (κ2) is 56.4. The molecule has 0 aliphatic rings. The summed E-state index contributed by atoms with van der Waals surface area (Å²) in [7, 11) is 1.15. The summed E-state index contributed by atoms with van der Waals surface area (Å²) in [6.07, 6.45) is 78.4. The van der Waals surface area contributed by atoms with Crippen LogP contribution in [-0.4, -0.2) is 70.0 Å². The van der Waals surface area contributed by atoms with E-state index in [1.54, 1.807) is 0 Å². The van der Waals surface area contributed by atoms with Crippen LogP contribution in [0.1, 0.15) is 245 Å². The molecule has 0 aliphatic heterocycles. The Bertz CT molecular complexity index is 1650. The van der Waals surface area contributed by atoms with Crippen molar-refractivity contribution in [1.82, 2.24) is 0 Å². The molecule has 76 heavy (non-hydrogen) atoms. The van der Waals surface area contributed by atoms with E-state index in [2.05, 4.69) is 123 Å². The Morgan fingerprint density at radius 3 is 1.12 bits per heavy atom. The fourth-order valence-electron chi connectivity index (χ4n) is 8.08. The van der Waals surface area contributed by atoms with Crippen LogP contribution >= 0.6 is 7.82 Å². The Kier molecular flexibility index (Phi) is 53.9. The van der Waals surface area contributed by atoms with Crippen LogP contribution in [0.25, 0.3) is 0 Å². The third kappa shape index (κ3) is 59.9. The van der Waals surface area contributed by atoms with E-state index in [4.69, 9.17) is 18.5 Å². The fraction of sp³-hybridized carbons (Fsp3) is 0.697. The van der Waals surface area contributed by atoms with Crippen molar-refractivity contribution < 1.29 is 42.1 Å². The number of hydrogen-bond acceptors (Lipinski definition) is 8. The summed E-state index contributed by atoms with van der Waals surface area (Å²) in [5, 5.41) is 0. The van der Waals surface area contributed by atoms with Gasteiger partial charge in [-0.2, -0.15) is 0 Å². The smallest absolute Gasteiger partial charge is 0.306 e. The standard InChI is InChI=1S/C66H114NO8P/c1-6-8-10-12-14-16-18-20-22-24-26-28-30-32-33-35-37-39-41-43-45-47-49-51-53-55-57-59-66(69)75-64(63-74-76(70,71)73-61-60-67(3,4)5)62-72-65(68)58-56-54-52-50-48-46-44-42-40-38-36-34-31-29-27-25-23-21-19-17-15-13-11-9-7-2/h8,10,14,16,19-22,25-28,31-34,37,39,64H,6-7,9,11-13,15,17-18,23-24,29-30,35-36,38,40-63H2,1-5H3/b10-8-,16-14-,21-19-,22-20-,27-25-,28-26-,33-32-,34-31-,39-37-. The summed E-state index contributed by atoms with van der Waals surface area (Å²) in [4.78, 5) is 37.9. The Labute approximate surface area is 467 Å². The largest absolute Gasteiger partial charge is 0.756 e. The van der Waals surface area contributed by atoms with Gasteiger partial charge in [-0.15, -0.1) is 0 Å². The van der Waals surface area contributed by atoms with Crippen molar-refractivity contribution in [2.24, 2.45) is 0 Å². The molecule has 2 atom stereocenters. The Balaban J connectivity index is 4.20. The predicted molar refractivity (Wildman–Crippen MR) is 323 cm³/mol. The fourth-order valence-corrected chi connectivity index (χ4v) is 8.81. The molecule has 0 fully saturated rings. The highest BCUT2D eigenvalue weighted by molar-refractivity contribution is 7.45. The van der Waals surface area contributed by atoms with Gasteiger partial charge in [0.05, 0.1) is 27.7 Å². The summed E-state index contributed by atoms with van der Waals surface area (Å²) in [6.45, 7) is 4.10. The van der Waals surface area contributed by atoms with E-state index in [1.165, 1.54) is 103 Å². The molecule has 0 radical (unpaired) electrons. The van der Waals surface area contributed by atoms with Crippen molar-refractivity contribution in [1.29, 1.82) is 0 Å². The van der Waals surface area contributed by atoms with E-state index < -0.39 is 32.5 Å². The van der Waals surface area contributed by atoms with E-state index in [-0.39, 0.29) is 26.1 Å². The number of phosphoric ester groups is 1. The number of hydrogen-bond donors (Lipinski definition) is 0. The van der Waals surface area contributed by atoms with Crippen LogP contribution in [0.4, 0.5) is 0 Å². The first-order valence-corrected chi connectivity index (χ1v) is 32.1. The monoisotopic (exact) mass is 1080 g/mol. The SMILES string of the molecule is CC/C=C\C/C=C\C/C=C\C/C=C\C/C=C\C/C=C\CCCCCCCCCCC(=O)OC(COC(=O)CCCCCCCCCCCC/C=C\C/C=C\C/C=C\CCCCCCC)COP(=O)([O-])OCC[N+](C)(C)C. The number of allylic oxidation sites excluding steroid dienone is 18. The van der Waals surface area contributed by atoms with Crippen LogP contribution < -0.4 is 4.89 Å². The molecule has 0 rings (SSSR count). The molecule has 10 heteroatoms. The van der Waals surface area contributed by atoms with E-state index in [1.807, 2.05) is 21.1 Å². The molecule has 436 valence electrons. The Morgan fingerprint density at radius 1 is 0.421 bits per heavy atom. The van der Waals surface area contributed by atoms with Crippen LogP contribution in [0.5, 0.6) is 0 Å². The number of nitrogens with zero attached hydrogens (tertiary/aromatic N) is 1. The molecule has 0 aliphatic carbocycles. The van der Waals surface area contributed by atoms with Crippen molar-refractivity contribution in [2.75, 3.05) is 47.5 Å². The normalized spacial score (nSPS) is 14.0. The Morgan fingerprint density at radius 2 is 0.750 bits per heavy atom. The van der Waals surface area contributed by atoms with Gasteiger partial charge in [-0.3, -0.25) is 14.2 Å². The van der Waals surface area contributed by atoms with Gasteiger partial charge >= 0.3 is 11.9 Å². The van der Waals surface area contributed by atoms with Crippen molar-refractivity contribution in [3.8, 4) is 0 Å². The summed E-state index contributed by atoms with van der Waals surface area (Å²) in [5.41, 5.74) is 0. The zero-order valence-electron chi connectivity index (χ0n) is 49.4. The molecule has 0 bridgehead atoms. The molecule has 0 heterocycles. The molecule has 0 aromatic heterocycles. The first-order valence-electron chi connectivity index (χ1n) is 30.6. The molecule has 2 unspecified atom stereocenters. The number of ether oxygens (including phenoxy) is 2. The minimum atomic E-state index is -4.65. The quantitative estimate of drug-likeness (QED) is 0.0195. The zero-order valence-corrected chi connectivity index (χ0v) is 50.3. The average Bonchev–Trinajstić information content (AvgIpc) is 3.38. The number of carbonyl (C=O) groups is 2. The van der Waals surface area contributed by atoms with Crippen molar-refractivity contribution >= 4 is 19.8 Å². The minimum Gasteiger partial charge on any atom is -0.756 e. The summed E-state index contributed by atoms with van der Waals surface area (Å²) < 4.78 is 34.2. The van der Waals surface area contributed by atoms with E-state index >= 15 is 0 Å². The molecule has 0 saturated heterocycles. The molecule has 0 aromatic carbocycles. The summed E-state index contributed by atoms with van der Waals surface area (Å²) >= 11 is 0. The van der Waals surface area contributed by atoms with Crippen molar-refractivity contribution in [3.05, 3.63) is 109 Å². The summed E-state index contributed by atoms with van der Waals surface area (Å²) in [6, 6.07) is 0. The number of rotatable bonds is 55. The maximum Gasteiger partial charge on any atom is 0.306 e.